The number of ether oxygens (including phenoxy) is 2. The van der Waals surface area contributed by atoms with Crippen molar-refractivity contribution in [2.45, 2.75) is 54.9 Å². The Kier molecular flexibility index (Phi) is 6.82. The van der Waals surface area contributed by atoms with E-state index in [4.69, 9.17) is 9.47 Å². The lowest BCUT2D eigenvalue weighted by atomic mass is 9.94. The summed E-state index contributed by atoms with van der Waals surface area (Å²) in [6.45, 7) is -0.675. The van der Waals surface area contributed by atoms with Gasteiger partial charge in [0.1, 0.15) is 29.8 Å². The summed E-state index contributed by atoms with van der Waals surface area (Å²) in [7, 11) is 3.32. The van der Waals surface area contributed by atoms with Gasteiger partial charge in [-0.05, 0) is 17.7 Å². The molecule has 0 amide bonds. The standard InChI is InChI=1S/C18H20F6N2O4S/c1-26(2)16-25-10-11(27)12(28)13(30-15(10)31-16)14(18(22,23)24)29-7-8-3-5-9(6-4-8)17(19,20)21/h3-6,10-15,27-28H,7H2,1-2H3. The molecule has 1 fully saturated rings. The molecule has 0 radical (unpaired) electrons. The number of nitrogens with zero attached hydrogens (tertiary/aromatic N) is 2. The highest BCUT2D eigenvalue weighted by Gasteiger charge is 2.57. The first-order valence-electron chi connectivity index (χ1n) is 9.07. The Morgan fingerprint density at radius 1 is 1.10 bits per heavy atom. The number of aliphatic hydroxyl groups is 2. The Morgan fingerprint density at radius 3 is 2.23 bits per heavy atom. The summed E-state index contributed by atoms with van der Waals surface area (Å²) in [5.41, 5.74) is -1.83. The van der Waals surface area contributed by atoms with E-state index in [1.807, 2.05) is 0 Å². The molecule has 13 heteroatoms. The molecule has 3 rings (SSSR count). The monoisotopic (exact) mass is 474 g/mol. The van der Waals surface area contributed by atoms with Gasteiger partial charge in [-0.3, -0.25) is 4.99 Å². The predicted molar refractivity (Wildman–Crippen MR) is 99.3 cm³/mol. The minimum absolute atomic E-state index is 0.0689. The van der Waals surface area contributed by atoms with Gasteiger partial charge < -0.3 is 24.6 Å². The molecule has 174 valence electrons. The van der Waals surface area contributed by atoms with Gasteiger partial charge in [-0.2, -0.15) is 26.3 Å². The van der Waals surface area contributed by atoms with Gasteiger partial charge in [0.25, 0.3) is 0 Å². The lowest BCUT2D eigenvalue weighted by Crippen LogP contribution is -2.61. The maximum absolute atomic E-state index is 13.7. The third-order valence-corrected chi connectivity index (χ3v) is 6.11. The molecule has 1 aromatic rings. The fraction of sp³-hybridized carbons (Fsp3) is 0.611. The van der Waals surface area contributed by atoms with Gasteiger partial charge >= 0.3 is 12.4 Å². The number of fused-ring (bicyclic) bond motifs is 1. The molecule has 1 aromatic carbocycles. The van der Waals surface area contributed by atoms with Crippen LogP contribution in [0.3, 0.4) is 0 Å². The molecule has 0 bridgehead atoms. The molecule has 2 N–H and O–H groups in total. The van der Waals surface area contributed by atoms with Crippen molar-refractivity contribution in [1.29, 1.82) is 0 Å². The zero-order valence-electron chi connectivity index (χ0n) is 16.3. The second-order valence-corrected chi connectivity index (χ2v) is 8.40. The number of amidine groups is 1. The second kappa shape index (κ2) is 8.77. The Hall–Kier alpha value is -1.54. The molecular weight excluding hydrogens is 454 g/mol. The van der Waals surface area contributed by atoms with Crippen LogP contribution in [0, 0.1) is 0 Å². The van der Waals surface area contributed by atoms with Crippen molar-refractivity contribution < 1.29 is 46.0 Å². The predicted octanol–water partition coefficient (Wildman–Crippen LogP) is 2.63. The van der Waals surface area contributed by atoms with Crippen molar-refractivity contribution in [1.82, 2.24) is 4.90 Å². The Labute approximate surface area is 177 Å². The van der Waals surface area contributed by atoms with Crippen LogP contribution >= 0.6 is 11.8 Å². The van der Waals surface area contributed by atoms with Crippen LogP contribution in [0.1, 0.15) is 11.1 Å². The van der Waals surface area contributed by atoms with Crippen molar-refractivity contribution >= 4 is 16.9 Å². The third kappa shape index (κ3) is 5.28. The highest BCUT2D eigenvalue weighted by molar-refractivity contribution is 8.14. The number of rotatable bonds is 4. The summed E-state index contributed by atoms with van der Waals surface area (Å²) in [5, 5.41) is 21.0. The molecule has 2 heterocycles. The van der Waals surface area contributed by atoms with Crippen LogP contribution in [0.2, 0.25) is 0 Å². The van der Waals surface area contributed by atoms with Crippen LogP contribution in [0.25, 0.3) is 0 Å². The van der Waals surface area contributed by atoms with Gasteiger partial charge in [0.2, 0.25) is 0 Å². The summed E-state index contributed by atoms with van der Waals surface area (Å²) in [4.78, 5) is 5.78. The highest BCUT2D eigenvalue weighted by atomic mass is 32.2. The van der Waals surface area contributed by atoms with Crippen LogP contribution in [0.15, 0.2) is 29.3 Å². The molecule has 6 atom stereocenters. The molecule has 2 aliphatic rings. The zero-order chi connectivity index (χ0) is 23.1. The molecule has 0 saturated carbocycles. The Morgan fingerprint density at radius 2 is 1.71 bits per heavy atom. The van der Waals surface area contributed by atoms with E-state index < -0.39 is 60.4 Å². The van der Waals surface area contributed by atoms with Crippen LogP contribution in [-0.4, -0.2) is 76.4 Å². The fourth-order valence-electron chi connectivity index (χ4n) is 3.19. The minimum atomic E-state index is -4.97. The number of halogens is 6. The minimum Gasteiger partial charge on any atom is -0.388 e. The van der Waals surface area contributed by atoms with E-state index in [2.05, 4.69) is 4.99 Å². The van der Waals surface area contributed by atoms with Crippen LogP contribution in [0.4, 0.5) is 26.3 Å². The van der Waals surface area contributed by atoms with E-state index in [0.717, 1.165) is 36.0 Å². The Balaban J connectivity index is 1.74. The van der Waals surface area contributed by atoms with Gasteiger partial charge in [-0.15, -0.1) is 0 Å². The SMILES string of the molecule is CN(C)C1=NC2C(OC(C(OCc3ccc(C(F)(F)F)cc3)C(F)(F)F)C(O)C2O)S1. The second-order valence-electron chi connectivity index (χ2n) is 7.33. The first-order valence-corrected chi connectivity index (χ1v) is 9.95. The van der Waals surface area contributed by atoms with Gasteiger partial charge in [0.05, 0.1) is 12.2 Å². The molecular formula is C18H20F6N2O4S. The lowest BCUT2D eigenvalue weighted by Gasteiger charge is -2.41. The van der Waals surface area contributed by atoms with Crippen molar-refractivity contribution in [3.05, 3.63) is 35.4 Å². The molecule has 0 spiro atoms. The third-order valence-electron chi connectivity index (χ3n) is 4.80. The molecule has 2 aliphatic heterocycles. The van der Waals surface area contributed by atoms with Gasteiger partial charge in [0.15, 0.2) is 11.3 Å². The number of thioether (sulfide) groups is 1. The Bertz CT molecular complexity index is 802. The highest BCUT2D eigenvalue weighted by Crippen LogP contribution is 2.41. The quantitative estimate of drug-likeness (QED) is 0.654. The van der Waals surface area contributed by atoms with E-state index in [9.17, 15) is 36.6 Å². The molecule has 31 heavy (non-hydrogen) atoms. The van der Waals surface area contributed by atoms with Crippen molar-refractivity contribution in [2.24, 2.45) is 4.99 Å². The largest absolute Gasteiger partial charge is 0.417 e. The van der Waals surface area contributed by atoms with Gasteiger partial charge in [0, 0.05) is 14.1 Å². The number of benzene rings is 1. The van der Waals surface area contributed by atoms with E-state index in [0.29, 0.717) is 5.17 Å². The van der Waals surface area contributed by atoms with E-state index in [1.54, 1.807) is 19.0 Å². The topological polar surface area (TPSA) is 74.5 Å². The molecule has 6 unspecified atom stereocenters. The first kappa shape index (κ1) is 24.1. The van der Waals surface area contributed by atoms with E-state index in [1.165, 1.54) is 0 Å². The normalized spacial score (nSPS) is 30.0. The maximum atomic E-state index is 13.7. The molecule has 0 aliphatic carbocycles. The van der Waals surface area contributed by atoms with Crippen LogP contribution in [0.5, 0.6) is 0 Å². The fourth-order valence-corrected chi connectivity index (χ4v) is 4.34. The molecule has 1 saturated heterocycles. The summed E-state index contributed by atoms with van der Waals surface area (Å²) in [5.74, 6) is 0. The molecule has 0 aromatic heterocycles. The number of aliphatic hydroxyl groups excluding tert-OH is 2. The first-order chi connectivity index (χ1) is 14.3. The van der Waals surface area contributed by atoms with Crippen molar-refractivity contribution in [3.63, 3.8) is 0 Å². The smallest absolute Gasteiger partial charge is 0.388 e. The van der Waals surface area contributed by atoms with E-state index in [-0.39, 0.29) is 5.56 Å². The van der Waals surface area contributed by atoms with Crippen LogP contribution < -0.4 is 0 Å². The van der Waals surface area contributed by atoms with Crippen molar-refractivity contribution in [2.75, 3.05) is 14.1 Å². The summed E-state index contributed by atoms with van der Waals surface area (Å²) in [6.07, 6.45) is -17.7. The summed E-state index contributed by atoms with van der Waals surface area (Å²) in [6, 6.07) is 2.53. The van der Waals surface area contributed by atoms with Gasteiger partial charge in [-0.1, -0.05) is 23.9 Å². The lowest BCUT2D eigenvalue weighted by molar-refractivity contribution is -0.286. The van der Waals surface area contributed by atoms with E-state index >= 15 is 0 Å². The number of hydrogen-bond acceptors (Lipinski definition) is 7. The number of hydrogen-bond donors (Lipinski definition) is 2. The number of aliphatic imine (C=N–C) groups is 1. The average Bonchev–Trinajstić information content (AvgIpc) is 3.09. The van der Waals surface area contributed by atoms with Crippen molar-refractivity contribution in [3.8, 4) is 0 Å². The summed E-state index contributed by atoms with van der Waals surface area (Å²) < 4.78 is 89.3. The van der Waals surface area contributed by atoms with Crippen LogP contribution in [-0.2, 0) is 22.3 Å². The molecule has 6 nitrogen and oxygen atoms in total. The number of alkyl halides is 6. The van der Waals surface area contributed by atoms with Gasteiger partial charge in [-0.25, -0.2) is 0 Å². The maximum Gasteiger partial charge on any atom is 0.417 e. The summed E-state index contributed by atoms with van der Waals surface area (Å²) >= 11 is 1.01. The average molecular weight is 474 g/mol. The zero-order valence-corrected chi connectivity index (χ0v) is 17.1.